The summed E-state index contributed by atoms with van der Waals surface area (Å²) >= 11 is 0. The number of hydrogen-bond donors (Lipinski definition) is 3. The lowest BCUT2D eigenvalue weighted by molar-refractivity contribution is -0.276. The molecule has 1 aliphatic heterocycles. The predicted molar refractivity (Wildman–Crippen MR) is 175 cm³/mol. The Bertz CT molecular complexity index is 1490. The van der Waals surface area contributed by atoms with Crippen LogP contribution in [0.1, 0.15) is 65.5 Å². The normalized spacial score (nSPS) is 19.5. The van der Waals surface area contributed by atoms with Gasteiger partial charge < -0.3 is 25.0 Å². The number of carbonyl (C=O) groups is 2. The van der Waals surface area contributed by atoms with Crippen LogP contribution in [0.2, 0.25) is 0 Å². The standard InChI is InChI=1S/C38H42N2O6/c1-27-34(25-40(23-29-8-4-2-5-9-29)24-30-10-6-3-7-11-30)45-38(46-37(27)32-16-14-31(26-41)15-17-32)33-18-12-28(13-19-33)22-39-35(42)20-21-36(43)44/h2-19,27,34,37-38,41H,20-26H2,1H3,(H,39,42)(H,43,44). The Morgan fingerprint density at radius 2 is 1.28 bits per heavy atom. The third-order valence-corrected chi connectivity index (χ3v) is 8.37. The summed E-state index contributed by atoms with van der Waals surface area (Å²) in [5.41, 5.74) is 6.10. The second kappa shape index (κ2) is 16.3. The average molecular weight is 623 g/mol. The van der Waals surface area contributed by atoms with Gasteiger partial charge in [-0.25, -0.2) is 0 Å². The van der Waals surface area contributed by atoms with Crippen molar-refractivity contribution in [3.8, 4) is 0 Å². The molecule has 1 saturated heterocycles. The molecule has 0 bridgehead atoms. The lowest BCUT2D eigenvalue weighted by atomic mass is 9.89. The van der Waals surface area contributed by atoms with E-state index in [0.717, 1.165) is 35.3 Å². The van der Waals surface area contributed by atoms with Crippen LogP contribution < -0.4 is 5.32 Å². The Morgan fingerprint density at radius 3 is 1.85 bits per heavy atom. The molecule has 0 aliphatic carbocycles. The minimum absolute atomic E-state index is 0.0178. The first-order valence-corrected chi connectivity index (χ1v) is 15.8. The summed E-state index contributed by atoms with van der Waals surface area (Å²) in [6.07, 6.45) is -1.25. The number of carboxylic acid groups (broad SMARTS) is 1. The molecule has 5 rings (SSSR count). The molecule has 1 aliphatic rings. The molecule has 240 valence electrons. The van der Waals surface area contributed by atoms with Crippen molar-refractivity contribution in [2.24, 2.45) is 5.92 Å². The number of carboxylic acids is 1. The minimum atomic E-state index is -0.995. The van der Waals surface area contributed by atoms with Crippen LogP contribution in [0, 0.1) is 5.92 Å². The van der Waals surface area contributed by atoms with E-state index in [1.807, 2.05) is 60.7 Å². The number of aliphatic hydroxyl groups is 1. The number of nitrogens with zero attached hydrogens (tertiary/aromatic N) is 1. The van der Waals surface area contributed by atoms with Crippen molar-refractivity contribution in [2.45, 2.75) is 64.5 Å². The first-order valence-electron chi connectivity index (χ1n) is 15.8. The Kier molecular flexibility index (Phi) is 11.7. The molecule has 4 unspecified atom stereocenters. The van der Waals surface area contributed by atoms with E-state index in [0.29, 0.717) is 13.1 Å². The molecule has 0 saturated carbocycles. The molecular weight excluding hydrogens is 580 g/mol. The van der Waals surface area contributed by atoms with E-state index in [9.17, 15) is 14.7 Å². The maximum absolute atomic E-state index is 12.0. The van der Waals surface area contributed by atoms with Crippen molar-refractivity contribution in [3.05, 3.63) is 143 Å². The fraction of sp³-hybridized carbons (Fsp3) is 0.316. The molecule has 0 aromatic heterocycles. The quantitative estimate of drug-likeness (QED) is 0.155. The first-order chi connectivity index (χ1) is 22.4. The smallest absolute Gasteiger partial charge is 0.303 e. The Morgan fingerprint density at radius 1 is 0.717 bits per heavy atom. The molecule has 4 atom stereocenters. The fourth-order valence-electron chi connectivity index (χ4n) is 5.75. The van der Waals surface area contributed by atoms with Crippen molar-refractivity contribution in [1.82, 2.24) is 10.2 Å². The summed E-state index contributed by atoms with van der Waals surface area (Å²) in [6.45, 7) is 4.70. The van der Waals surface area contributed by atoms with Crippen molar-refractivity contribution in [3.63, 3.8) is 0 Å². The van der Waals surface area contributed by atoms with Crippen molar-refractivity contribution >= 4 is 11.9 Å². The molecule has 46 heavy (non-hydrogen) atoms. The Balaban J connectivity index is 1.36. The largest absolute Gasteiger partial charge is 0.481 e. The molecule has 3 N–H and O–H groups in total. The average Bonchev–Trinajstić information content (AvgIpc) is 3.08. The molecule has 4 aromatic carbocycles. The van der Waals surface area contributed by atoms with E-state index in [-0.39, 0.29) is 43.5 Å². The van der Waals surface area contributed by atoms with Gasteiger partial charge in [0, 0.05) is 44.1 Å². The van der Waals surface area contributed by atoms with Crippen molar-refractivity contribution in [1.29, 1.82) is 0 Å². The SMILES string of the molecule is CC1C(CN(Cc2ccccc2)Cc2ccccc2)OC(c2ccc(CNC(=O)CCC(=O)O)cc2)OC1c1ccc(CO)cc1. The number of ether oxygens (including phenoxy) is 2. The summed E-state index contributed by atoms with van der Waals surface area (Å²) in [6, 6.07) is 36.6. The van der Waals surface area contributed by atoms with Gasteiger partial charge >= 0.3 is 5.97 Å². The van der Waals surface area contributed by atoms with Gasteiger partial charge in [-0.15, -0.1) is 0 Å². The predicted octanol–water partition coefficient (Wildman–Crippen LogP) is 6.15. The van der Waals surface area contributed by atoms with Gasteiger partial charge in [-0.2, -0.15) is 0 Å². The monoisotopic (exact) mass is 622 g/mol. The molecular formula is C38H42N2O6. The van der Waals surface area contributed by atoms with Crippen LogP contribution in [0.4, 0.5) is 0 Å². The second-order valence-corrected chi connectivity index (χ2v) is 11.9. The number of hydrogen-bond acceptors (Lipinski definition) is 6. The van der Waals surface area contributed by atoms with Crippen LogP contribution in [-0.4, -0.2) is 39.6 Å². The highest BCUT2D eigenvalue weighted by Crippen LogP contribution is 2.42. The van der Waals surface area contributed by atoms with Gasteiger partial charge in [0.2, 0.25) is 5.91 Å². The van der Waals surface area contributed by atoms with Crippen LogP contribution in [0.5, 0.6) is 0 Å². The summed E-state index contributed by atoms with van der Waals surface area (Å²) in [7, 11) is 0. The lowest BCUT2D eigenvalue weighted by Crippen LogP contribution is -2.44. The van der Waals surface area contributed by atoms with E-state index in [1.54, 1.807) is 0 Å². The zero-order valence-electron chi connectivity index (χ0n) is 26.1. The van der Waals surface area contributed by atoms with Crippen LogP contribution in [0.3, 0.4) is 0 Å². The number of rotatable bonds is 14. The van der Waals surface area contributed by atoms with Gasteiger partial charge in [0.1, 0.15) is 0 Å². The summed E-state index contributed by atoms with van der Waals surface area (Å²) in [4.78, 5) is 25.2. The van der Waals surface area contributed by atoms with E-state index in [2.05, 4.69) is 65.7 Å². The number of benzene rings is 4. The highest BCUT2D eigenvalue weighted by molar-refractivity contribution is 5.80. The molecule has 4 aromatic rings. The third-order valence-electron chi connectivity index (χ3n) is 8.37. The number of aliphatic carboxylic acids is 1. The van der Waals surface area contributed by atoms with Crippen LogP contribution in [-0.2, 0) is 45.3 Å². The molecule has 8 nitrogen and oxygen atoms in total. The van der Waals surface area contributed by atoms with Gasteiger partial charge in [-0.05, 0) is 27.8 Å². The molecule has 1 heterocycles. The van der Waals surface area contributed by atoms with Crippen LogP contribution in [0.15, 0.2) is 109 Å². The molecule has 8 heteroatoms. The zero-order chi connectivity index (χ0) is 32.3. The van der Waals surface area contributed by atoms with Crippen molar-refractivity contribution in [2.75, 3.05) is 6.54 Å². The summed E-state index contributed by atoms with van der Waals surface area (Å²) in [5.74, 6) is -1.26. The Hall–Kier alpha value is -4.34. The van der Waals surface area contributed by atoms with E-state index < -0.39 is 12.3 Å². The second-order valence-electron chi connectivity index (χ2n) is 11.9. The maximum atomic E-state index is 12.0. The summed E-state index contributed by atoms with van der Waals surface area (Å²) in [5, 5.41) is 21.2. The minimum Gasteiger partial charge on any atom is -0.481 e. The van der Waals surface area contributed by atoms with Crippen molar-refractivity contribution < 1.29 is 29.3 Å². The van der Waals surface area contributed by atoms with E-state index >= 15 is 0 Å². The fourth-order valence-corrected chi connectivity index (χ4v) is 5.75. The highest BCUT2D eigenvalue weighted by Gasteiger charge is 2.39. The number of amides is 1. The van der Waals surface area contributed by atoms with Gasteiger partial charge in [0.05, 0.1) is 25.2 Å². The van der Waals surface area contributed by atoms with Gasteiger partial charge in [0.25, 0.3) is 0 Å². The highest BCUT2D eigenvalue weighted by atomic mass is 16.7. The zero-order valence-corrected chi connectivity index (χ0v) is 26.1. The van der Waals surface area contributed by atoms with Crippen LogP contribution >= 0.6 is 0 Å². The summed E-state index contributed by atoms with van der Waals surface area (Å²) < 4.78 is 13.4. The molecule has 0 radical (unpaired) electrons. The maximum Gasteiger partial charge on any atom is 0.303 e. The van der Waals surface area contributed by atoms with Gasteiger partial charge in [-0.1, -0.05) is 116 Å². The molecule has 1 amide bonds. The van der Waals surface area contributed by atoms with Gasteiger partial charge in [0.15, 0.2) is 6.29 Å². The molecule has 0 spiro atoms. The third kappa shape index (κ3) is 9.34. The number of aliphatic hydroxyl groups excluding tert-OH is 1. The molecule has 1 fully saturated rings. The lowest BCUT2D eigenvalue weighted by Gasteiger charge is -2.43. The van der Waals surface area contributed by atoms with E-state index in [1.165, 1.54) is 11.1 Å². The number of nitrogens with one attached hydrogen (secondary N) is 1. The number of carbonyl (C=O) groups excluding carboxylic acids is 1. The first kappa shape index (κ1) is 33.0. The van der Waals surface area contributed by atoms with E-state index in [4.69, 9.17) is 14.6 Å². The Labute approximate surface area is 270 Å². The van der Waals surface area contributed by atoms with Crippen LogP contribution in [0.25, 0.3) is 0 Å². The van der Waals surface area contributed by atoms with Gasteiger partial charge in [-0.3, -0.25) is 14.5 Å². The topological polar surface area (TPSA) is 108 Å².